The van der Waals surface area contributed by atoms with Crippen LogP contribution in [0.4, 0.5) is 0 Å². The molecule has 0 saturated carbocycles. The highest BCUT2D eigenvalue weighted by Crippen LogP contribution is 2.27. The predicted molar refractivity (Wildman–Crippen MR) is 221 cm³/mol. The lowest BCUT2D eigenvalue weighted by Gasteiger charge is -2.09. The topological polar surface area (TPSA) is 106 Å². The highest BCUT2D eigenvalue weighted by atomic mass is 79.9. The van der Waals surface area contributed by atoms with Gasteiger partial charge in [-0.3, -0.25) is 4.79 Å². The Hall–Kier alpha value is -4.87. The van der Waals surface area contributed by atoms with Crippen LogP contribution in [0, 0.1) is 0 Å². The smallest absolute Gasteiger partial charge is 0.319 e. The number of aliphatic carboxylic acids is 1. The van der Waals surface area contributed by atoms with Crippen LogP contribution in [-0.4, -0.2) is 33.7 Å². The molecule has 0 radical (unpaired) electrons. The van der Waals surface area contributed by atoms with E-state index in [1.165, 1.54) is 6.08 Å². The molecule has 10 heteroatoms. The van der Waals surface area contributed by atoms with E-state index in [9.17, 15) is 21.6 Å². The van der Waals surface area contributed by atoms with Gasteiger partial charge in [0.25, 0.3) is 0 Å². The second kappa shape index (κ2) is 19.7. The molecule has 52 heavy (non-hydrogen) atoms. The lowest BCUT2D eigenvalue weighted by molar-refractivity contribution is -0.134. The van der Waals surface area contributed by atoms with Gasteiger partial charge in [0.05, 0.1) is 9.81 Å². The van der Waals surface area contributed by atoms with E-state index in [-0.39, 0.29) is 9.81 Å². The molecule has 5 aromatic rings. The Morgan fingerprint density at radius 1 is 0.500 bits per heavy atom. The average Bonchev–Trinajstić information content (AvgIpc) is 3.13. The summed E-state index contributed by atoms with van der Waals surface area (Å²) in [5.41, 5.74) is 4.12. The first-order valence-corrected chi connectivity index (χ1v) is 20.5. The summed E-state index contributed by atoms with van der Waals surface area (Å²) >= 11 is 6.89. The van der Waals surface area contributed by atoms with E-state index in [0.29, 0.717) is 5.56 Å². The van der Waals surface area contributed by atoms with Gasteiger partial charge >= 0.3 is 5.97 Å². The molecule has 0 aliphatic heterocycles. The summed E-state index contributed by atoms with van der Waals surface area (Å²) in [4.78, 5) is 10.6. The molecule has 5 rings (SSSR count). The van der Waals surface area contributed by atoms with E-state index in [4.69, 9.17) is 5.11 Å². The minimum Gasteiger partial charge on any atom is -0.480 e. The molecule has 0 atom stereocenters. The van der Waals surface area contributed by atoms with Crippen molar-refractivity contribution in [1.82, 2.24) is 0 Å². The number of carbonyl (C=O) groups is 1. The van der Waals surface area contributed by atoms with Gasteiger partial charge in [-0.25, -0.2) is 16.8 Å². The highest BCUT2D eigenvalue weighted by Gasteiger charge is 2.20. The number of hydrogen-bond acceptors (Lipinski definition) is 5. The maximum Gasteiger partial charge on any atom is 0.319 e. The molecule has 1 N–H and O–H groups in total. The molecule has 0 aliphatic rings. The minimum absolute atomic E-state index is 0.194. The van der Waals surface area contributed by atoms with Crippen LogP contribution in [0.25, 0.3) is 30.4 Å². The maximum atomic E-state index is 14.2. The second-order valence-corrected chi connectivity index (χ2v) is 16.8. The van der Waals surface area contributed by atoms with Gasteiger partial charge < -0.3 is 5.11 Å². The molecule has 264 valence electrons. The van der Waals surface area contributed by atoms with E-state index in [2.05, 4.69) is 31.9 Å². The van der Waals surface area contributed by atoms with Crippen LogP contribution >= 0.6 is 31.9 Å². The summed E-state index contributed by atoms with van der Waals surface area (Å²) in [5.74, 6) is -2.23. The standard InChI is InChI=1S/C32H24Br2O2S.C10H10O4S/c33-29-17-11-27(12-18-29)23-31(21-15-25-7-3-1-4-8-25)37(35,36)32(22-16-26-9-5-2-6-10-26)24-28-13-19-30(34)20-14-28;11-10(12)8-15(13,14)7-6-9-4-2-1-3-5-9/h1-24H;1-7H,8H2,(H,11,12)/b21-15-,22-16-,31-23+,32-24+;7-6-. The fourth-order valence-electron chi connectivity index (χ4n) is 4.46. The van der Waals surface area contributed by atoms with Gasteiger partial charge in [0.1, 0.15) is 0 Å². The average molecular weight is 859 g/mol. The summed E-state index contributed by atoms with van der Waals surface area (Å²) < 4.78 is 52.5. The van der Waals surface area contributed by atoms with Gasteiger partial charge in [-0.05, 0) is 82.5 Å². The van der Waals surface area contributed by atoms with Crippen LogP contribution < -0.4 is 0 Å². The number of carboxylic acids is 1. The molecule has 0 spiro atoms. The van der Waals surface area contributed by atoms with E-state index in [1.807, 2.05) is 127 Å². The Morgan fingerprint density at radius 3 is 1.19 bits per heavy atom. The number of halogens is 2. The largest absolute Gasteiger partial charge is 0.480 e. The van der Waals surface area contributed by atoms with Crippen molar-refractivity contribution in [3.8, 4) is 0 Å². The van der Waals surface area contributed by atoms with Gasteiger partial charge in [-0.2, -0.15) is 0 Å². The van der Waals surface area contributed by atoms with Crippen LogP contribution in [0.15, 0.2) is 176 Å². The number of hydrogen-bond donors (Lipinski definition) is 1. The second-order valence-electron chi connectivity index (χ2n) is 11.1. The molecule has 0 heterocycles. The zero-order chi connectivity index (χ0) is 37.4. The number of rotatable bonds is 12. The third-order valence-corrected chi connectivity index (χ3v) is 11.1. The third-order valence-electron chi connectivity index (χ3n) is 7.05. The molecule has 6 nitrogen and oxygen atoms in total. The first-order chi connectivity index (χ1) is 24.9. The molecular formula is C42H34Br2O6S2. The maximum absolute atomic E-state index is 14.2. The lowest BCUT2D eigenvalue weighted by atomic mass is 10.2. The Morgan fingerprint density at radius 2 is 0.846 bits per heavy atom. The SMILES string of the molecule is O=C(O)CS(=O)(=O)/C=C\c1ccccc1.O=S(=O)(C(/C=C\c1ccccc1)=C/c1ccc(Br)cc1)C(/C=C\c1ccccc1)=C/c1ccc(Br)cc1. The molecule has 0 aliphatic carbocycles. The van der Waals surface area contributed by atoms with E-state index >= 15 is 0 Å². The third kappa shape index (κ3) is 13.7. The van der Waals surface area contributed by atoms with Crippen molar-refractivity contribution >= 4 is 87.9 Å². The Kier molecular flexibility index (Phi) is 15.1. The first kappa shape index (κ1) is 39.9. The van der Waals surface area contributed by atoms with Crippen molar-refractivity contribution < 1.29 is 26.7 Å². The van der Waals surface area contributed by atoms with Gasteiger partial charge in [-0.1, -0.05) is 159 Å². The zero-order valence-corrected chi connectivity index (χ0v) is 32.5. The van der Waals surface area contributed by atoms with Crippen molar-refractivity contribution in [3.63, 3.8) is 0 Å². The summed E-state index contributed by atoms with van der Waals surface area (Å²) in [5, 5.41) is 9.25. The number of benzene rings is 5. The Labute approximate surface area is 322 Å². The van der Waals surface area contributed by atoms with Crippen LogP contribution in [-0.2, 0) is 24.5 Å². The molecule has 5 aromatic carbocycles. The molecule has 0 amide bonds. The van der Waals surface area contributed by atoms with Crippen LogP contribution in [0.1, 0.15) is 27.8 Å². The fraction of sp³-hybridized carbons (Fsp3) is 0.0238. The van der Waals surface area contributed by atoms with Crippen LogP contribution in [0.5, 0.6) is 0 Å². The van der Waals surface area contributed by atoms with Crippen molar-refractivity contribution in [2.75, 3.05) is 5.75 Å². The van der Waals surface area contributed by atoms with Crippen molar-refractivity contribution in [2.24, 2.45) is 0 Å². The van der Waals surface area contributed by atoms with Crippen molar-refractivity contribution in [2.45, 2.75) is 0 Å². The molecule has 0 aromatic heterocycles. The van der Waals surface area contributed by atoms with E-state index in [1.54, 1.807) is 48.6 Å². The van der Waals surface area contributed by atoms with E-state index in [0.717, 1.165) is 36.6 Å². The zero-order valence-electron chi connectivity index (χ0n) is 27.7. The van der Waals surface area contributed by atoms with Crippen molar-refractivity contribution in [1.29, 1.82) is 0 Å². The van der Waals surface area contributed by atoms with Crippen molar-refractivity contribution in [3.05, 3.63) is 204 Å². The first-order valence-electron chi connectivity index (χ1n) is 15.7. The number of sulfone groups is 2. The predicted octanol–water partition coefficient (Wildman–Crippen LogP) is 10.6. The van der Waals surface area contributed by atoms with Gasteiger partial charge in [0.2, 0.25) is 9.84 Å². The summed E-state index contributed by atoms with van der Waals surface area (Å²) in [6.07, 6.45) is 11.7. The normalized spacial score (nSPS) is 12.6. The molecule has 0 saturated heterocycles. The van der Waals surface area contributed by atoms with Crippen LogP contribution in [0.2, 0.25) is 0 Å². The monoisotopic (exact) mass is 856 g/mol. The Balaban J connectivity index is 0.000000338. The minimum atomic E-state index is -3.89. The lowest BCUT2D eigenvalue weighted by Crippen LogP contribution is -2.12. The van der Waals surface area contributed by atoms with Gasteiger partial charge in [-0.15, -0.1) is 0 Å². The summed E-state index contributed by atoms with van der Waals surface area (Å²) in [6, 6.07) is 43.2. The molecular weight excluding hydrogens is 824 g/mol. The fourth-order valence-corrected chi connectivity index (χ4v) is 7.15. The summed E-state index contributed by atoms with van der Waals surface area (Å²) in [7, 11) is -7.55. The molecule has 0 fully saturated rings. The Bertz CT molecular complexity index is 2180. The van der Waals surface area contributed by atoms with Gasteiger partial charge in [0.15, 0.2) is 15.6 Å². The molecule has 0 unspecified atom stereocenters. The van der Waals surface area contributed by atoms with E-state index < -0.39 is 31.4 Å². The quantitative estimate of drug-likeness (QED) is 0.125. The molecule has 0 bridgehead atoms. The summed E-state index contributed by atoms with van der Waals surface area (Å²) in [6.45, 7) is 0. The highest BCUT2D eigenvalue weighted by molar-refractivity contribution is 9.10. The number of carboxylic acid groups (broad SMARTS) is 1. The van der Waals surface area contributed by atoms with Crippen LogP contribution in [0.3, 0.4) is 0 Å². The number of allylic oxidation sites excluding steroid dienone is 2. The van der Waals surface area contributed by atoms with Gasteiger partial charge in [0, 0.05) is 14.4 Å².